The number of aryl methyl sites for hydroxylation is 1. The third-order valence-corrected chi connectivity index (χ3v) is 4.03. The standard InChI is InChI=1S/C17H14NO3S.Y/c1-2-4-11-5-3-6-12(9-11)14-8-7-13(21-14)10-15-16(19)18-17(20)22-15;/h3,5-10H,1-2,4H2,(H,18,19,20);/q-1;/b15-10-;. The molecule has 2 amide bonds. The van der Waals surface area contributed by atoms with Crippen molar-refractivity contribution in [2.24, 2.45) is 0 Å². The van der Waals surface area contributed by atoms with E-state index >= 15 is 0 Å². The fraction of sp³-hybridized carbons (Fsp3) is 0.118. The van der Waals surface area contributed by atoms with Crippen LogP contribution in [0, 0.1) is 6.92 Å². The Labute approximate surface area is 164 Å². The van der Waals surface area contributed by atoms with Gasteiger partial charge >= 0.3 is 0 Å². The predicted molar refractivity (Wildman–Crippen MR) is 86.9 cm³/mol. The first-order chi connectivity index (χ1) is 10.7. The smallest absolute Gasteiger partial charge is 0.290 e. The molecule has 0 bridgehead atoms. The molecular formula is C17H14NO3SY-. The summed E-state index contributed by atoms with van der Waals surface area (Å²) in [6.45, 7) is 3.86. The van der Waals surface area contributed by atoms with Crippen molar-refractivity contribution in [3.05, 3.63) is 59.6 Å². The number of benzene rings is 1. The molecule has 1 saturated heterocycles. The van der Waals surface area contributed by atoms with Crippen LogP contribution in [-0.2, 0) is 43.9 Å². The molecule has 4 nitrogen and oxygen atoms in total. The number of carbonyl (C=O) groups excluding carboxylic acids is 2. The van der Waals surface area contributed by atoms with Gasteiger partial charge in [-0.3, -0.25) is 14.9 Å². The molecule has 3 rings (SSSR count). The largest absolute Gasteiger partial charge is 0.457 e. The Morgan fingerprint density at radius 1 is 1.22 bits per heavy atom. The van der Waals surface area contributed by atoms with Crippen molar-refractivity contribution in [1.29, 1.82) is 0 Å². The predicted octanol–water partition coefficient (Wildman–Crippen LogP) is 4.03. The molecule has 115 valence electrons. The van der Waals surface area contributed by atoms with Gasteiger partial charge in [0, 0.05) is 44.3 Å². The van der Waals surface area contributed by atoms with E-state index in [2.05, 4.69) is 24.4 Å². The van der Waals surface area contributed by atoms with Gasteiger partial charge in [0.05, 0.1) is 4.91 Å². The maximum Gasteiger partial charge on any atom is 0.290 e. The van der Waals surface area contributed by atoms with Crippen LogP contribution in [0.25, 0.3) is 17.4 Å². The topological polar surface area (TPSA) is 59.3 Å². The van der Waals surface area contributed by atoms with E-state index in [9.17, 15) is 9.59 Å². The van der Waals surface area contributed by atoms with Crippen molar-refractivity contribution in [3.8, 4) is 11.3 Å². The molecular weight excluding hydrogens is 387 g/mol. The third kappa shape index (κ3) is 4.43. The quantitative estimate of drug-likeness (QED) is 0.621. The molecule has 0 unspecified atom stereocenters. The number of imide groups is 1. The Hall–Kier alpha value is -1.17. The molecule has 1 radical (unpaired) electrons. The number of amides is 2. The minimum Gasteiger partial charge on any atom is -0.457 e. The summed E-state index contributed by atoms with van der Waals surface area (Å²) in [7, 11) is 0. The Balaban J connectivity index is 0.00000192. The van der Waals surface area contributed by atoms with Crippen molar-refractivity contribution in [3.63, 3.8) is 0 Å². The van der Waals surface area contributed by atoms with E-state index < -0.39 is 0 Å². The van der Waals surface area contributed by atoms with E-state index in [0.717, 1.165) is 35.9 Å². The van der Waals surface area contributed by atoms with Gasteiger partial charge in [0.2, 0.25) is 0 Å². The van der Waals surface area contributed by atoms with Gasteiger partial charge in [-0.2, -0.15) is 6.42 Å². The molecule has 2 aromatic rings. The molecule has 1 fully saturated rings. The first kappa shape index (κ1) is 18.2. The van der Waals surface area contributed by atoms with Gasteiger partial charge in [0.1, 0.15) is 11.5 Å². The molecule has 23 heavy (non-hydrogen) atoms. The van der Waals surface area contributed by atoms with Gasteiger partial charge in [-0.25, -0.2) is 0 Å². The second-order valence-electron chi connectivity index (χ2n) is 4.86. The Bertz CT molecular complexity index is 767. The molecule has 1 aliphatic rings. The fourth-order valence-corrected chi connectivity index (χ4v) is 2.88. The monoisotopic (exact) mass is 401 g/mol. The zero-order chi connectivity index (χ0) is 15.5. The molecule has 0 saturated carbocycles. The van der Waals surface area contributed by atoms with Crippen molar-refractivity contribution in [1.82, 2.24) is 5.32 Å². The number of thioether (sulfide) groups is 1. The van der Waals surface area contributed by atoms with Crippen LogP contribution in [0.5, 0.6) is 0 Å². The maximum absolute atomic E-state index is 11.5. The second-order valence-corrected chi connectivity index (χ2v) is 5.87. The second kappa shape index (κ2) is 8.09. The number of carbonyl (C=O) groups is 2. The van der Waals surface area contributed by atoms with E-state index in [1.807, 2.05) is 18.2 Å². The molecule has 0 atom stereocenters. The molecule has 1 aromatic heterocycles. The molecule has 1 aliphatic heterocycles. The SMILES string of the molecule is [CH2-]CCc1cccc(-c2ccc(/C=C3\SC(=O)NC3=O)o2)c1.[Y]. The van der Waals surface area contributed by atoms with Crippen LogP contribution < -0.4 is 5.32 Å². The van der Waals surface area contributed by atoms with Gasteiger partial charge in [0.15, 0.2) is 0 Å². The zero-order valence-electron chi connectivity index (χ0n) is 12.4. The van der Waals surface area contributed by atoms with Crippen molar-refractivity contribution >= 4 is 29.0 Å². The summed E-state index contributed by atoms with van der Waals surface area (Å²) in [6.07, 6.45) is 3.35. The molecule has 2 heterocycles. The molecule has 6 heteroatoms. The van der Waals surface area contributed by atoms with Gasteiger partial charge in [-0.1, -0.05) is 24.6 Å². The van der Waals surface area contributed by atoms with Gasteiger partial charge < -0.3 is 11.3 Å². The number of rotatable bonds is 4. The summed E-state index contributed by atoms with van der Waals surface area (Å²) < 4.78 is 5.75. The van der Waals surface area contributed by atoms with Gasteiger partial charge in [0.25, 0.3) is 11.1 Å². The van der Waals surface area contributed by atoms with Crippen LogP contribution in [0.15, 0.2) is 45.7 Å². The summed E-state index contributed by atoms with van der Waals surface area (Å²) in [5.74, 6) is 0.891. The Kier molecular flexibility index (Phi) is 6.39. The van der Waals surface area contributed by atoms with Gasteiger partial charge in [-0.15, -0.1) is 0 Å². The van der Waals surface area contributed by atoms with E-state index in [0.29, 0.717) is 10.7 Å². The fourth-order valence-electron chi connectivity index (χ4n) is 2.22. The number of hydrogen-bond acceptors (Lipinski definition) is 4. The first-order valence-corrected chi connectivity index (χ1v) is 7.70. The minimum atomic E-state index is -0.384. The van der Waals surface area contributed by atoms with Crippen LogP contribution in [-0.4, -0.2) is 11.1 Å². The average molecular weight is 401 g/mol. The number of furan rings is 1. The maximum atomic E-state index is 11.5. The summed E-state index contributed by atoms with van der Waals surface area (Å²) in [5, 5.41) is 1.86. The average Bonchev–Trinajstić information content (AvgIpc) is 3.07. The summed E-state index contributed by atoms with van der Waals surface area (Å²) in [6, 6.07) is 11.7. The van der Waals surface area contributed by atoms with Crippen molar-refractivity contribution < 1.29 is 46.7 Å². The van der Waals surface area contributed by atoms with Crippen molar-refractivity contribution in [2.45, 2.75) is 12.8 Å². The van der Waals surface area contributed by atoms with Crippen LogP contribution in [0.3, 0.4) is 0 Å². The van der Waals surface area contributed by atoms with E-state index in [-0.39, 0.29) is 43.9 Å². The normalized spacial score (nSPS) is 15.6. The van der Waals surface area contributed by atoms with Crippen LogP contribution in [0.1, 0.15) is 17.7 Å². The van der Waals surface area contributed by atoms with Gasteiger partial charge in [-0.05, 0) is 35.5 Å². The Morgan fingerprint density at radius 2 is 2.04 bits per heavy atom. The summed E-state index contributed by atoms with van der Waals surface area (Å²) >= 11 is 0.877. The molecule has 0 aliphatic carbocycles. The van der Waals surface area contributed by atoms with E-state index in [4.69, 9.17) is 4.42 Å². The molecule has 1 aromatic carbocycles. The first-order valence-electron chi connectivity index (χ1n) is 6.89. The van der Waals surface area contributed by atoms with Crippen LogP contribution in [0.2, 0.25) is 0 Å². The Morgan fingerprint density at radius 3 is 2.74 bits per heavy atom. The molecule has 1 N–H and O–H groups in total. The van der Waals surface area contributed by atoms with Crippen LogP contribution >= 0.6 is 11.8 Å². The minimum absolute atomic E-state index is 0. The zero-order valence-corrected chi connectivity index (χ0v) is 16.0. The number of nitrogens with one attached hydrogen (secondary N) is 1. The summed E-state index contributed by atoms with van der Waals surface area (Å²) in [4.78, 5) is 23.0. The van der Waals surface area contributed by atoms with E-state index in [1.54, 1.807) is 12.1 Å². The van der Waals surface area contributed by atoms with Crippen LogP contribution in [0.4, 0.5) is 4.79 Å². The number of hydrogen-bond donors (Lipinski definition) is 1. The third-order valence-electron chi connectivity index (χ3n) is 3.22. The van der Waals surface area contributed by atoms with E-state index in [1.165, 1.54) is 5.56 Å². The summed E-state index contributed by atoms with van der Waals surface area (Å²) in [5.41, 5.74) is 2.19. The molecule has 0 spiro atoms. The van der Waals surface area contributed by atoms with Crippen molar-refractivity contribution in [2.75, 3.05) is 0 Å².